The molecular formula is C20H18FN2O7PS2. The van der Waals surface area contributed by atoms with E-state index in [1.807, 2.05) is 0 Å². The summed E-state index contributed by atoms with van der Waals surface area (Å²) in [7, 11) is -5.48. The number of halogens is 1. The first-order valence-electron chi connectivity index (χ1n) is 9.21. The first kappa shape index (κ1) is 24.7. The molecule has 174 valence electrons. The van der Waals surface area contributed by atoms with E-state index in [1.165, 1.54) is 14.2 Å². The van der Waals surface area contributed by atoms with Gasteiger partial charge >= 0.3 is 7.60 Å². The molecule has 1 N–H and O–H groups in total. The van der Waals surface area contributed by atoms with Crippen LogP contribution in [0.4, 0.5) is 4.39 Å². The molecule has 0 fully saturated rings. The second-order valence-corrected chi connectivity index (χ2v) is 11.8. The molecule has 1 aromatic heterocycles. The third-order valence-electron chi connectivity index (χ3n) is 4.38. The fourth-order valence-electron chi connectivity index (χ4n) is 2.77. The minimum atomic E-state index is -4.43. The molecule has 33 heavy (non-hydrogen) atoms. The van der Waals surface area contributed by atoms with Crippen LogP contribution in [0, 0.1) is 17.1 Å². The van der Waals surface area contributed by atoms with Gasteiger partial charge in [0.2, 0.25) is 0 Å². The molecule has 3 aromatic rings. The van der Waals surface area contributed by atoms with Crippen molar-refractivity contribution in [3.8, 4) is 33.9 Å². The molecule has 0 saturated heterocycles. The molecule has 13 heteroatoms. The van der Waals surface area contributed by atoms with E-state index in [2.05, 4.69) is 4.98 Å². The number of nitriles is 1. The van der Waals surface area contributed by atoms with Crippen LogP contribution in [0.15, 0.2) is 46.8 Å². The number of ether oxygens (including phenoxy) is 2. The van der Waals surface area contributed by atoms with Crippen LogP contribution >= 0.6 is 18.9 Å². The number of methoxy groups -OCH3 is 2. The summed E-state index contributed by atoms with van der Waals surface area (Å²) in [5, 5.41) is 9.10. The summed E-state index contributed by atoms with van der Waals surface area (Å²) in [4.78, 5) is 14.2. The van der Waals surface area contributed by atoms with Gasteiger partial charge in [-0.25, -0.2) is 22.4 Å². The van der Waals surface area contributed by atoms with Crippen molar-refractivity contribution in [3.05, 3.63) is 54.0 Å². The Balaban J connectivity index is 1.76. The number of hydrogen-bond donors (Lipinski definition) is 1. The maximum atomic E-state index is 13.7. The van der Waals surface area contributed by atoms with Crippen LogP contribution in [-0.4, -0.2) is 44.4 Å². The van der Waals surface area contributed by atoms with Crippen molar-refractivity contribution in [1.29, 1.82) is 5.26 Å². The Labute approximate surface area is 193 Å². The third kappa shape index (κ3) is 5.69. The lowest BCUT2D eigenvalue weighted by Crippen LogP contribution is -2.11. The van der Waals surface area contributed by atoms with Gasteiger partial charge in [-0.2, -0.15) is 5.26 Å². The zero-order valence-corrected chi connectivity index (χ0v) is 19.9. The normalized spacial score (nSPS) is 13.1. The Kier molecular flexibility index (Phi) is 7.39. The van der Waals surface area contributed by atoms with Gasteiger partial charge in [0.1, 0.15) is 26.9 Å². The second-order valence-electron chi connectivity index (χ2n) is 6.55. The lowest BCUT2D eigenvalue weighted by atomic mass is 10.2. The van der Waals surface area contributed by atoms with Crippen LogP contribution in [0.5, 0.6) is 17.2 Å². The zero-order valence-electron chi connectivity index (χ0n) is 17.4. The molecule has 0 aliphatic heterocycles. The van der Waals surface area contributed by atoms with Gasteiger partial charge in [0.25, 0.3) is 0 Å². The van der Waals surface area contributed by atoms with Gasteiger partial charge in [0.05, 0.1) is 43.5 Å². The molecular weight excluding hydrogens is 494 g/mol. The lowest BCUT2D eigenvalue weighted by Gasteiger charge is -2.13. The van der Waals surface area contributed by atoms with Crippen LogP contribution in [0.2, 0.25) is 0 Å². The van der Waals surface area contributed by atoms with E-state index in [0.29, 0.717) is 22.1 Å². The highest BCUT2D eigenvalue weighted by molar-refractivity contribution is 7.93. The second kappa shape index (κ2) is 9.89. The van der Waals surface area contributed by atoms with E-state index in [0.717, 1.165) is 35.7 Å². The average Bonchev–Trinajstić information content (AvgIpc) is 3.28. The van der Waals surface area contributed by atoms with E-state index < -0.39 is 35.2 Å². The summed E-state index contributed by atoms with van der Waals surface area (Å²) in [6, 6.07) is 9.73. The predicted molar refractivity (Wildman–Crippen MR) is 119 cm³/mol. The molecule has 1 unspecified atom stereocenters. The summed E-state index contributed by atoms with van der Waals surface area (Å²) in [6.07, 6.45) is 0.431. The van der Waals surface area contributed by atoms with Gasteiger partial charge in [-0.05, 0) is 24.3 Å². The standard InChI is InChI=1S/C20H18FN2O7PS2/c1-28-17-5-3-4-15(19(17)29-2)20-23-12-18(32-20)33(26,27)9-8-31(24,25)30-14-7-6-13(11-22)16(21)10-14/h3-7,10,12H,8-9H2,1-2H3,(H,24,25). The maximum Gasteiger partial charge on any atom is 0.377 e. The molecule has 0 amide bonds. The Morgan fingerprint density at radius 2 is 2.00 bits per heavy atom. The number of para-hydroxylation sites is 1. The molecule has 2 aromatic carbocycles. The molecule has 0 spiro atoms. The van der Waals surface area contributed by atoms with E-state index in [-0.39, 0.29) is 15.5 Å². The average molecular weight is 512 g/mol. The molecule has 1 heterocycles. The van der Waals surface area contributed by atoms with E-state index in [4.69, 9.17) is 19.3 Å². The first-order valence-corrected chi connectivity index (χ1v) is 13.4. The van der Waals surface area contributed by atoms with Crippen LogP contribution in [0.25, 0.3) is 10.6 Å². The van der Waals surface area contributed by atoms with Gasteiger partial charge in [-0.15, -0.1) is 11.3 Å². The predicted octanol–water partition coefficient (Wildman–Crippen LogP) is 3.88. The fraction of sp³-hybridized carbons (Fsp3) is 0.200. The Morgan fingerprint density at radius 1 is 1.24 bits per heavy atom. The van der Waals surface area contributed by atoms with Crippen molar-refractivity contribution in [1.82, 2.24) is 4.98 Å². The SMILES string of the molecule is COc1cccc(-c2ncc(S(=O)(=O)CCP(=O)(O)Oc3ccc(C#N)c(F)c3)s2)c1OC. The Morgan fingerprint density at radius 3 is 2.64 bits per heavy atom. The number of sulfone groups is 1. The monoisotopic (exact) mass is 512 g/mol. The largest absolute Gasteiger partial charge is 0.493 e. The number of thiazole rings is 1. The van der Waals surface area contributed by atoms with Gasteiger partial charge in [-0.1, -0.05) is 6.07 Å². The van der Waals surface area contributed by atoms with Gasteiger partial charge < -0.3 is 18.9 Å². The number of nitrogens with zero attached hydrogens (tertiary/aromatic N) is 2. The highest BCUT2D eigenvalue weighted by Crippen LogP contribution is 2.44. The quantitative estimate of drug-likeness (QED) is 0.424. The van der Waals surface area contributed by atoms with Crippen molar-refractivity contribution in [3.63, 3.8) is 0 Å². The molecule has 3 rings (SSSR count). The van der Waals surface area contributed by atoms with Gasteiger partial charge in [0.15, 0.2) is 21.3 Å². The summed E-state index contributed by atoms with van der Waals surface area (Å²) < 4.78 is 66.8. The minimum absolute atomic E-state index is 0.105. The van der Waals surface area contributed by atoms with Gasteiger partial charge in [0, 0.05) is 6.07 Å². The third-order valence-corrected chi connectivity index (χ3v) is 9.26. The van der Waals surface area contributed by atoms with Crippen molar-refractivity contribution in [2.45, 2.75) is 4.21 Å². The van der Waals surface area contributed by atoms with Crippen molar-refractivity contribution < 1.29 is 36.3 Å². The van der Waals surface area contributed by atoms with E-state index >= 15 is 0 Å². The lowest BCUT2D eigenvalue weighted by molar-refractivity contribution is 0.356. The first-order chi connectivity index (χ1) is 15.6. The number of hydrogen-bond acceptors (Lipinski definition) is 9. The number of aromatic nitrogens is 1. The van der Waals surface area contributed by atoms with Crippen LogP contribution in [0.3, 0.4) is 0 Å². The smallest absolute Gasteiger partial charge is 0.377 e. The molecule has 0 bridgehead atoms. The fourth-order valence-corrected chi connectivity index (χ4v) is 7.27. The Hall–Kier alpha value is -2.97. The van der Waals surface area contributed by atoms with Crippen molar-refractivity contribution in [2.24, 2.45) is 0 Å². The molecule has 9 nitrogen and oxygen atoms in total. The summed E-state index contributed by atoms with van der Waals surface area (Å²) in [5.74, 6) is -1.07. The molecule has 0 radical (unpaired) electrons. The Bertz CT molecular complexity index is 1370. The van der Waals surface area contributed by atoms with Gasteiger partial charge in [-0.3, -0.25) is 0 Å². The maximum absolute atomic E-state index is 13.7. The summed E-state index contributed by atoms with van der Waals surface area (Å²) in [5.41, 5.74) is 0.272. The van der Waals surface area contributed by atoms with Crippen molar-refractivity contribution >= 4 is 28.8 Å². The highest BCUT2D eigenvalue weighted by Gasteiger charge is 2.28. The van der Waals surface area contributed by atoms with Crippen LogP contribution in [-0.2, 0) is 14.4 Å². The highest BCUT2D eigenvalue weighted by atomic mass is 32.2. The molecule has 0 saturated carbocycles. The van der Waals surface area contributed by atoms with Crippen LogP contribution < -0.4 is 14.0 Å². The zero-order chi connectivity index (χ0) is 24.2. The van der Waals surface area contributed by atoms with Crippen LogP contribution in [0.1, 0.15) is 5.56 Å². The summed E-state index contributed by atoms with van der Waals surface area (Å²) >= 11 is 0.875. The van der Waals surface area contributed by atoms with E-state index in [9.17, 15) is 22.3 Å². The summed E-state index contributed by atoms with van der Waals surface area (Å²) in [6.45, 7) is 0. The molecule has 1 atom stereocenters. The molecule has 0 aliphatic carbocycles. The number of benzene rings is 2. The number of rotatable bonds is 9. The topological polar surface area (TPSA) is 136 Å². The van der Waals surface area contributed by atoms with E-state index in [1.54, 1.807) is 24.3 Å². The van der Waals surface area contributed by atoms with Crippen molar-refractivity contribution in [2.75, 3.05) is 26.1 Å². The minimum Gasteiger partial charge on any atom is -0.493 e. The molecule has 0 aliphatic rings.